The maximum Gasteiger partial charge on any atom is 0.322 e. The van der Waals surface area contributed by atoms with Gasteiger partial charge in [-0.05, 0) is 44.1 Å². The lowest BCUT2D eigenvalue weighted by Gasteiger charge is -2.51. The Morgan fingerprint density at radius 2 is 2.27 bits per heavy atom. The summed E-state index contributed by atoms with van der Waals surface area (Å²) in [5.41, 5.74) is 1.74. The molecule has 116 valence electrons. The lowest BCUT2D eigenvalue weighted by molar-refractivity contribution is 0.0171. The Kier molecular flexibility index (Phi) is 3.06. The third-order valence-corrected chi connectivity index (χ3v) is 5.33. The minimum atomic E-state index is -0.0287. The monoisotopic (exact) mass is 299 g/mol. The second-order valence-electron chi connectivity index (χ2n) is 6.75. The number of nitrogens with zero attached hydrogens (tertiary/aromatic N) is 4. The molecule has 1 saturated heterocycles. The molecule has 22 heavy (non-hydrogen) atoms. The first-order valence-electron chi connectivity index (χ1n) is 8.03. The van der Waals surface area contributed by atoms with E-state index in [1.165, 1.54) is 25.7 Å². The van der Waals surface area contributed by atoms with E-state index in [2.05, 4.69) is 22.3 Å². The fourth-order valence-corrected chi connectivity index (χ4v) is 3.73. The maximum absolute atomic E-state index is 12.7. The van der Waals surface area contributed by atoms with E-state index in [0.29, 0.717) is 22.8 Å². The number of rotatable bonds is 1. The van der Waals surface area contributed by atoms with Crippen LogP contribution in [-0.2, 0) is 0 Å². The molecule has 0 bridgehead atoms. The molecule has 6 heteroatoms. The molecule has 0 radical (unpaired) electrons. The maximum atomic E-state index is 12.7. The van der Waals surface area contributed by atoms with Crippen LogP contribution in [0.5, 0.6) is 0 Å². The summed E-state index contributed by atoms with van der Waals surface area (Å²) >= 11 is 0. The molecule has 6 nitrogen and oxygen atoms in total. The van der Waals surface area contributed by atoms with Gasteiger partial charge >= 0.3 is 6.03 Å². The molecule has 2 aromatic rings. The van der Waals surface area contributed by atoms with E-state index in [-0.39, 0.29) is 6.03 Å². The Hall–Kier alpha value is -2.11. The van der Waals surface area contributed by atoms with Gasteiger partial charge in [0.25, 0.3) is 0 Å². The molecule has 1 spiro atoms. The summed E-state index contributed by atoms with van der Waals surface area (Å²) in [6, 6.07) is 2.08. The van der Waals surface area contributed by atoms with Crippen molar-refractivity contribution in [2.45, 2.75) is 45.1 Å². The van der Waals surface area contributed by atoms with Crippen LogP contribution in [0.15, 0.2) is 24.7 Å². The van der Waals surface area contributed by atoms with Crippen molar-refractivity contribution in [3.05, 3.63) is 24.7 Å². The number of likely N-dealkylation sites (tertiary alicyclic amines) is 1. The number of piperidine rings is 1. The van der Waals surface area contributed by atoms with E-state index in [4.69, 9.17) is 0 Å². The highest BCUT2D eigenvalue weighted by atomic mass is 16.2. The predicted molar refractivity (Wildman–Crippen MR) is 83.7 cm³/mol. The van der Waals surface area contributed by atoms with Crippen molar-refractivity contribution in [2.24, 2.45) is 5.41 Å². The lowest BCUT2D eigenvalue weighted by Crippen LogP contribution is -2.54. The average Bonchev–Trinajstić information content (AvgIpc) is 2.89. The zero-order valence-electron chi connectivity index (χ0n) is 12.8. The fraction of sp³-hybridized carbons (Fsp3) is 0.562. The molecule has 1 atom stereocenters. The van der Waals surface area contributed by atoms with Crippen molar-refractivity contribution in [3.8, 4) is 0 Å². The van der Waals surface area contributed by atoms with Crippen molar-refractivity contribution in [1.29, 1.82) is 0 Å². The molecule has 2 aliphatic rings. The molecule has 3 heterocycles. The van der Waals surface area contributed by atoms with Gasteiger partial charge in [0.15, 0.2) is 5.65 Å². The van der Waals surface area contributed by atoms with Crippen LogP contribution in [-0.4, -0.2) is 38.1 Å². The van der Waals surface area contributed by atoms with E-state index >= 15 is 0 Å². The molecule has 4 rings (SSSR count). The molecule has 1 N–H and O–H groups in total. The molecule has 0 aromatic carbocycles. The number of aromatic nitrogens is 3. The van der Waals surface area contributed by atoms with Gasteiger partial charge in [-0.25, -0.2) is 14.3 Å². The minimum absolute atomic E-state index is 0.0287. The van der Waals surface area contributed by atoms with Gasteiger partial charge in [-0.3, -0.25) is 0 Å². The largest absolute Gasteiger partial charge is 0.322 e. The van der Waals surface area contributed by atoms with E-state index < -0.39 is 0 Å². The highest BCUT2D eigenvalue weighted by Gasteiger charge is 2.43. The Bertz CT molecular complexity index is 705. The number of hydrogen-bond acceptors (Lipinski definition) is 3. The number of fused-ring (bicyclic) bond motifs is 1. The van der Waals surface area contributed by atoms with Crippen molar-refractivity contribution in [1.82, 2.24) is 19.5 Å². The molecule has 2 aromatic heterocycles. The zero-order valence-corrected chi connectivity index (χ0v) is 12.8. The van der Waals surface area contributed by atoms with Gasteiger partial charge in [-0.1, -0.05) is 6.42 Å². The van der Waals surface area contributed by atoms with Gasteiger partial charge in [0, 0.05) is 25.0 Å². The van der Waals surface area contributed by atoms with Crippen molar-refractivity contribution < 1.29 is 4.79 Å². The number of hydrogen-bond donors (Lipinski definition) is 1. The molecular formula is C16H21N5O. The topological polar surface area (TPSA) is 62.5 Å². The molecule has 2 fully saturated rings. The highest BCUT2D eigenvalue weighted by Crippen LogP contribution is 2.48. The summed E-state index contributed by atoms with van der Waals surface area (Å²) in [4.78, 5) is 19.0. The lowest BCUT2D eigenvalue weighted by atomic mass is 9.63. The van der Waals surface area contributed by atoms with Crippen LogP contribution < -0.4 is 5.32 Å². The fourth-order valence-electron chi connectivity index (χ4n) is 3.73. The van der Waals surface area contributed by atoms with Crippen molar-refractivity contribution >= 4 is 17.4 Å². The van der Waals surface area contributed by atoms with E-state index in [1.807, 2.05) is 17.2 Å². The van der Waals surface area contributed by atoms with Crippen LogP contribution >= 0.6 is 0 Å². The summed E-state index contributed by atoms with van der Waals surface area (Å²) in [5.74, 6) is 0. The van der Waals surface area contributed by atoms with Gasteiger partial charge in [0.1, 0.15) is 5.69 Å². The van der Waals surface area contributed by atoms with Gasteiger partial charge in [-0.15, -0.1) is 0 Å². The Labute approximate surface area is 129 Å². The minimum Gasteiger partial charge on any atom is -0.321 e. The molecule has 2 amide bonds. The number of carbonyl (C=O) groups excluding carboxylic acids is 1. The number of carbonyl (C=O) groups is 1. The van der Waals surface area contributed by atoms with Crippen LogP contribution in [0, 0.1) is 5.41 Å². The van der Waals surface area contributed by atoms with Gasteiger partial charge in [-0.2, -0.15) is 5.10 Å². The first kappa shape index (κ1) is 13.5. The number of urea groups is 1. The van der Waals surface area contributed by atoms with Gasteiger partial charge in [0.05, 0.1) is 6.20 Å². The number of anilines is 1. The summed E-state index contributed by atoms with van der Waals surface area (Å²) in [5, 5.41) is 7.20. The smallest absolute Gasteiger partial charge is 0.321 e. The van der Waals surface area contributed by atoms with Gasteiger partial charge in [0.2, 0.25) is 0 Å². The van der Waals surface area contributed by atoms with Crippen molar-refractivity contribution in [3.63, 3.8) is 0 Å². The van der Waals surface area contributed by atoms with Crippen LogP contribution in [0.3, 0.4) is 0 Å². The summed E-state index contributed by atoms with van der Waals surface area (Å²) in [6.45, 7) is 3.02. The first-order chi connectivity index (χ1) is 10.7. The molecule has 1 aliphatic carbocycles. The molecule has 1 aliphatic heterocycles. The highest BCUT2D eigenvalue weighted by molar-refractivity contribution is 5.93. The van der Waals surface area contributed by atoms with Crippen LogP contribution in [0.25, 0.3) is 5.65 Å². The molecular weight excluding hydrogens is 278 g/mol. The summed E-state index contributed by atoms with van der Waals surface area (Å²) in [6.07, 6.45) is 11.4. The molecule has 1 saturated carbocycles. The van der Waals surface area contributed by atoms with Crippen LogP contribution in [0.1, 0.15) is 39.0 Å². The standard InChI is InChI=1S/C16H21N5O/c1-12-4-7-16(5-2-6-16)11-20(12)15(22)19-13-10-18-21-9-3-8-17-14(13)21/h3,8-10,12H,2,4-7,11H2,1H3,(H,19,22). The summed E-state index contributed by atoms with van der Waals surface area (Å²) in [7, 11) is 0. The normalized spacial score (nSPS) is 23.5. The van der Waals surface area contributed by atoms with Crippen molar-refractivity contribution in [2.75, 3.05) is 11.9 Å². The number of nitrogens with one attached hydrogen (secondary N) is 1. The van der Waals surface area contributed by atoms with Crippen LogP contribution in [0.2, 0.25) is 0 Å². The zero-order chi connectivity index (χ0) is 15.2. The van der Waals surface area contributed by atoms with Gasteiger partial charge < -0.3 is 10.2 Å². The SMILES string of the molecule is CC1CCC2(CCC2)CN1C(=O)Nc1cnn2cccnc12. The number of amides is 2. The Balaban J connectivity index is 1.53. The van der Waals surface area contributed by atoms with Crippen LogP contribution in [0.4, 0.5) is 10.5 Å². The average molecular weight is 299 g/mol. The second-order valence-corrected chi connectivity index (χ2v) is 6.75. The Morgan fingerprint density at radius 1 is 1.41 bits per heavy atom. The molecule has 1 unspecified atom stereocenters. The second kappa shape index (κ2) is 4.97. The summed E-state index contributed by atoms with van der Waals surface area (Å²) < 4.78 is 1.67. The van der Waals surface area contributed by atoms with E-state index in [1.54, 1.807) is 16.9 Å². The third kappa shape index (κ3) is 2.14. The van der Waals surface area contributed by atoms with E-state index in [9.17, 15) is 4.79 Å². The predicted octanol–water partition coefficient (Wildman–Crippen LogP) is 2.92. The third-order valence-electron chi connectivity index (χ3n) is 5.33. The first-order valence-corrected chi connectivity index (χ1v) is 8.03. The van der Waals surface area contributed by atoms with E-state index in [0.717, 1.165) is 13.0 Å². The quantitative estimate of drug-likeness (QED) is 0.880. The Morgan fingerprint density at radius 3 is 3.05 bits per heavy atom.